The lowest BCUT2D eigenvalue weighted by Gasteiger charge is -2.06. The van der Waals surface area contributed by atoms with Crippen LogP contribution < -0.4 is 5.73 Å². The highest BCUT2D eigenvalue weighted by Crippen LogP contribution is 2.26. The second kappa shape index (κ2) is 5.42. The molecule has 0 aliphatic carbocycles. The highest BCUT2D eigenvalue weighted by Gasteiger charge is 2.18. The van der Waals surface area contributed by atoms with Gasteiger partial charge in [-0.05, 0) is 52.0 Å². The van der Waals surface area contributed by atoms with Crippen molar-refractivity contribution in [2.24, 2.45) is 0 Å². The molecule has 0 amide bonds. The van der Waals surface area contributed by atoms with E-state index < -0.39 is 9.84 Å². The smallest absolute Gasteiger partial charge is 0.179 e. The van der Waals surface area contributed by atoms with Crippen LogP contribution in [0.3, 0.4) is 0 Å². The van der Waals surface area contributed by atoms with Crippen LogP contribution in [0.15, 0.2) is 45.1 Å². The Morgan fingerprint density at radius 1 is 1.28 bits per heavy atom. The minimum absolute atomic E-state index is 0.107. The van der Waals surface area contributed by atoms with Crippen LogP contribution in [0.1, 0.15) is 4.88 Å². The molecule has 3 nitrogen and oxygen atoms in total. The van der Waals surface area contributed by atoms with Crippen LogP contribution in [0, 0.1) is 0 Å². The number of benzene rings is 1. The van der Waals surface area contributed by atoms with Gasteiger partial charge in [-0.3, -0.25) is 0 Å². The number of sulfone groups is 1. The predicted octanol–water partition coefficient (Wildman–Crippen LogP) is 3.11. The molecule has 1 heterocycles. The van der Waals surface area contributed by atoms with Crippen molar-refractivity contribution in [3.63, 3.8) is 0 Å². The summed E-state index contributed by atoms with van der Waals surface area (Å²) in [6.07, 6.45) is 0.539. The largest absolute Gasteiger partial charge is 0.399 e. The molecule has 1 aromatic heterocycles. The fourth-order valence-electron chi connectivity index (χ4n) is 1.57. The average molecular weight is 346 g/mol. The number of nitrogen functional groups attached to an aromatic ring is 1. The van der Waals surface area contributed by atoms with Crippen LogP contribution in [0.25, 0.3) is 0 Å². The van der Waals surface area contributed by atoms with Gasteiger partial charge in [0.1, 0.15) is 0 Å². The molecule has 0 aliphatic heterocycles. The van der Waals surface area contributed by atoms with Crippen LogP contribution in [0.5, 0.6) is 0 Å². The summed E-state index contributed by atoms with van der Waals surface area (Å²) in [5, 5.41) is 1.95. The number of halogens is 1. The predicted molar refractivity (Wildman–Crippen MR) is 78.6 cm³/mol. The van der Waals surface area contributed by atoms with E-state index in [0.29, 0.717) is 21.5 Å². The van der Waals surface area contributed by atoms with Crippen LogP contribution >= 0.6 is 27.3 Å². The highest BCUT2D eigenvalue weighted by molar-refractivity contribution is 9.10. The van der Waals surface area contributed by atoms with Crippen molar-refractivity contribution in [2.45, 2.75) is 11.3 Å². The summed E-state index contributed by atoms with van der Waals surface area (Å²) >= 11 is 4.81. The van der Waals surface area contributed by atoms with E-state index in [-0.39, 0.29) is 5.75 Å². The Hall–Kier alpha value is -0.850. The SMILES string of the molecule is Nc1ccc(S(=O)(=O)CCc2cccs2)c(Br)c1. The Bertz CT molecular complexity index is 636. The van der Waals surface area contributed by atoms with Gasteiger partial charge in [-0.1, -0.05) is 6.07 Å². The number of nitrogens with two attached hydrogens (primary N) is 1. The van der Waals surface area contributed by atoms with Crippen molar-refractivity contribution in [3.8, 4) is 0 Å². The van der Waals surface area contributed by atoms with Crippen molar-refractivity contribution in [2.75, 3.05) is 11.5 Å². The average Bonchev–Trinajstić information content (AvgIpc) is 2.78. The highest BCUT2D eigenvalue weighted by atomic mass is 79.9. The number of hydrogen-bond acceptors (Lipinski definition) is 4. The third-order valence-electron chi connectivity index (χ3n) is 2.49. The molecule has 96 valence electrons. The summed E-state index contributed by atoms with van der Waals surface area (Å²) < 4.78 is 24.9. The first-order chi connectivity index (χ1) is 8.49. The molecule has 0 fully saturated rings. The molecule has 0 bridgehead atoms. The van der Waals surface area contributed by atoms with E-state index in [4.69, 9.17) is 5.73 Å². The van der Waals surface area contributed by atoms with Crippen molar-refractivity contribution in [3.05, 3.63) is 45.1 Å². The molecular weight excluding hydrogens is 334 g/mol. The van der Waals surface area contributed by atoms with E-state index in [1.165, 1.54) is 0 Å². The van der Waals surface area contributed by atoms with Crippen LogP contribution in [0.4, 0.5) is 5.69 Å². The maximum atomic E-state index is 12.2. The molecule has 0 saturated carbocycles. The van der Waals surface area contributed by atoms with Gasteiger partial charge in [0, 0.05) is 15.0 Å². The summed E-state index contributed by atoms with van der Waals surface area (Å²) in [7, 11) is -3.28. The number of hydrogen-bond donors (Lipinski definition) is 1. The Morgan fingerprint density at radius 3 is 2.67 bits per heavy atom. The van der Waals surface area contributed by atoms with E-state index in [1.54, 1.807) is 29.5 Å². The van der Waals surface area contributed by atoms with Gasteiger partial charge >= 0.3 is 0 Å². The zero-order valence-electron chi connectivity index (χ0n) is 9.47. The zero-order chi connectivity index (χ0) is 13.2. The summed E-state index contributed by atoms with van der Waals surface area (Å²) in [5.41, 5.74) is 6.14. The van der Waals surface area contributed by atoms with Crippen LogP contribution in [0.2, 0.25) is 0 Å². The Morgan fingerprint density at radius 2 is 2.06 bits per heavy atom. The molecule has 0 spiro atoms. The Labute approximate surface area is 119 Å². The summed E-state index contributed by atoms with van der Waals surface area (Å²) in [4.78, 5) is 1.37. The normalized spacial score (nSPS) is 11.6. The fraction of sp³-hybridized carbons (Fsp3) is 0.167. The molecule has 18 heavy (non-hydrogen) atoms. The van der Waals surface area contributed by atoms with Crippen molar-refractivity contribution in [1.29, 1.82) is 0 Å². The van der Waals surface area contributed by atoms with E-state index in [1.807, 2.05) is 17.5 Å². The molecule has 0 atom stereocenters. The van der Waals surface area contributed by atoms with Crippen molar-refractivity contribution >= 4 is 42.8 Å². The van der Waals surface area contributed by atoms with Gasteiger partial charge in [-0.2, -0.15) is 0 Å². The number of thiophene rings is 1. The van der Waals surface area contributed by atoms with E-state index in [9.17, 15) is 8.42 Å². The molecule has 1 aromatic carbocycles. The molecule has 6 heteroatoms. The molecule has 2 N–H and O–H groups in total. The number of rotatable bonds is 4. The van der Waals surface area contributed by atoms with Crippen molar-refractivity contribution in [1.82, 2.24) is 0 Å². The lowest BCUT2D eigenvalue weighted by Crippen LogP contribution is -2.09. The molecular formula is C12H12BrNO2S2. The van der Waals surface area contributed by atoms with Crippen LogP contribution in [-0.2, 0) is 16.3 Å². The van der Waals surface area contributed by atoms with E-state index in [2.05, 4.69) is 15.9 Å². The van der Waals surface area contributed by atoms with Gasteiger partial charge in [0.2, 0.25) is 0 Å². The second-order valence-electron chi connectivity index (χ2n) is 3.84. The van der Waals surface area contributed by atoms with E-state index >= 15 is 0 Å². The summed E-state index contributed by atoms with van der Waals surface area (Å²) in [6, 6.07) is 8.62. The number of anilines is 1. The first kappa shape index (κ1) is 13.6. The van der Waals surface area contributed by atoms with Gasteiger partial charge in [-0.25, -0.2) is 8.42 Å². The zero-order valence-corrected chi connectivity index (χ0v) is 12.7. The first-order valence-electron chi connectivity index (χ1n) is 5.29. The topological polar surface area (TPSA) is 60.2 Å². The minimum Gasteiger partial charge on any atom is -0.399 e. The molecule has 2 rings (SSSR count). The monoisotopic (exact) mass is 345 g/mol. The molecule has 0 radical (unpaired) electrons. The maximum Gasteiger partial charge on any atom is 0.179 e. The molecule has 2 aromatic rings. The Balaban J connectivity index is 2.20. The van der Waals surface area contributed by atoms with Gasteiger partial charge in [0.15, 0.2) is 9.84 Å². The standard InChI is InChI=1S/C12H12BrNO2S2/c13-11-8-9(14)3-4-12(11)18(15,16)7-5-10-2-1-6-17-10/h1-4,6,8H,5,7,14H2. The maximum absolute atomic E-state index is 12.2. The summed E-state index contributed by atoms with van der Waals surface area (Å²) in [6.45, 7) is 0. The van der Waals surface area contributed by atoms with Gasteiger partial charge in [0.05, 0.1) is 10.6 Å². The lowest BCUT2D eigenvalue weighted by atomic mass is 10.3. The Kier molecular flexibility index (Phi) is 4.09. The minimum atomic E-state index is -3.28. The molecule has 0 unspecified atom stereocenters. The van der Waals surface area contributed by atoms with E-state index in [0.717, 1.165) is 4.88 Å². The van der Waals surface area contributed by atoms with Crippen LogP contribution in [-0.4, -0.2) is 14.2 Å². The molecule has 0 saturated heterocycles. The van der Waals surface area contributed by atoms with Gasteiger partial charge in [-0.15, -0.1) is 11.3 Å². The third kappa shape index (κ3) is 3.13. The first-order valence-corrected chi connectivity index (χ1v) is 8.62. The third-order valence-corrected chi connectivity index (χ3v) is 6.11. The fourth-order valence-corrected chi connectivity index (χ4v) is 4.88. The second-order valence-corrected chi connectivity index (χ2v) is 7.80. The van der Waals surface area contributed by atoms with Crippen molar-refractivity contribution < 1.29 is 8.42 Å². The molecule has 0 aliphatic rings. The quantitative estimate of drug-likeness (QED) is 0.866. The van der Waals surface area contributed by atoms with Gasteiger partial charge in [0.25, 0.3) is 0 Å². The number of aryl methyl sites for hydroxylation is 1. The van der Waals surface area contributed by atoms with Gasteiger partial charge < -0.3 is 5.73 Å². The summed E-state index contributed by atoms with van der Waals surface area (Å²) in [5.74, 6) is 0.107. The lowest BCUT2D eigenvalue weighted by molar-refractivity contribution is 0.595.